The van der Waals surface area contributed by atoms with Gasteiger partial charge in [0.2, 0.25) is 5.91 Å². The molecule has 0 atom stereocenters. The summed E-state index contributed by atoms with van der Waals surface area (Å²) in [6.07, 6.45) is 1.19. The number of carboxylic acids is 1. The number of rotatable bonds is 7. The van der Waals surface area contributed by atoms with E-state index < -0.39 is 5.97 Å². The molecule has 0 aromatic carbocycles. The van der Waals surface area contributed by atoms with Gasteiger partial charge in [-0.2, -0.15) is 0 Å². The second kappa shape index (κ2) is 8.12. The molecule has 1 amide bonds. The summed E-state index contributed by atoms with van der Waals surface area (Å²) in [6.45, 7) is 5.38. The van der Waals surface area contributed by atoms with Crippen molar-refractivity contribution in [3.8, 4) is 0 Å². The van der Waals surface area contributed by atoms with E-state index in [0.717, 1.165) is 45.7 Å². The molecule has 1 aliphatic rings. The Morgan fingerprint density at radius 3 is 2.26 bits per heavy atom. The Labute approximate surface area is 115 Å². The first-order chi connectivity index (χ1) is 8.99. The maximum absolute atomic E-state index is 11.7. The summed E-state index contributed by atoms with van der Waals surface area (Å²) in [5.41, 5.74) is 0. The predicted molar refractivity (Wildman–Crippen MR) is 73.1 cm³/mol. The largest absolute Gasteiger partial charge is 0.481 e. The van der Waals surface area contributed by atoms with Crippen LogP contribution < -0.4 is 0 Å². The number of carbonyl (C=O) groups excluding carboxylic acids is 1. The molecule has 1 saturated heterocycles. The van der Waals surface area contributed by atoms with Gasteiger partial charge in [-0.05, 0) is 33.6 Å². The number of amides is 1. The van der Waals surface area contributed by atoms with Crippen molar-refractivity contribution in [3.63, 3.8) is 0 Å². The molecule has 1 N–H and O–H groups in total. The van der Waals surface area contributed by atoms with Crippen LogP contribution in [0.4, 0.5) is 0 Å². The molecule has 0 bridgehead atoms. The van der Waals surface area contributed by atoms with Crippen LogP contribution in [-0.2, 0) is 9.59 Å². The van der Waals surface area contributed by atoms with Crippen LogP contribution >= 0.6 is 0 Å². The molecular formula is C13H25N3O3. The number of nitrogens with zero attached hydrogens (tertiary/aromatic N) is 3. The fourth-order valence-electron chi connectivity index (χ4n) is 2.20. The third kappa shape index (κ3) is 6.54. The Morgan fingerprint density at radius 1 is 1.11 bits per heavy atom. The average molecular weight is 271 g/mol. The molecular weight excluding hydrogens is 246 g/mol. The van der Waals surface area contributed by atoms with Crippen molar-refractivity contribution in [2.45, 2.75) is 19.3 Å². The lowest BCUT2D eigenvalue weighted by atomic mass is 10.2. The van der Waals surface area contributed by atoms with Gasteiger partial charge in [0.05, 0.1) is 6.42 Å². The average Bonchev–Trinajstić information content (AvgIpc) is 2.36. The molecule has 0 radical (unpaired) electrons. The molecule has 1 fully saturated rings. The van der Waals surface area contributed by atoms with Crippen LogP contribution in [0, 0.1) is 0 Å². The predicted octanol–water partition coefficient (Wildman–Crippen LogP) is -0.0529. The zero-order valence-corrected chi connectivity index (χ0v) is 12.0. The SMILES string of the molecule is CN(C)CCCN1CCN(C(=O)CCC(=O)O)CC1. The van der Waals surface area contributed by atoms with Gasteiger partial charge in [0.1, 0.15) is 0 Å². The Bertz CT molecular complexity index is 300. The summed E-state index contributed by atoms with van der Waals surface area (Å²) in [7, 11) is 4.14. The molecule has 1 rings (SSSR count). The van der Waals surface area contributed by atoms with E-state index in [1.54, 1.807) is 4.90 Å². The van der Waals surface area contributed by atoms with Gasteiger partial charge in [0.15, 0.2) is 0 Å². The first-order valence-electron chi connectivity index (χ1n) is 6.85. The van der Waals surface area contributed by atoms with E-state index >= 15 is 0 Å². The summed E-state index contributed by atoms with van der Waals surface area (Å²) in [5, 5.41) is 8.56. The van der Waals surface area contributed by atoms with Crippen LogP contribution in [-0.4, -0.2) is 85.0 Å². The maximum Gasteiger partial charge on any atom is 0.303 e. The van der Waals surface area contributed by atoms with Crippen LogP contribution in [0.1, 0.15) is 19.3 Å². The van der Waals surface area contributed by atoms with Crippen molar-refractivity contribution in [2.24, 2.45) is 0 Å². The van der Waals surface area contributed by atoms with Crippen LogP contribution in [0.5, 0.6) is 0 Å². The van der Waals surface area contributed by atoms with E-state index in [1.807, 2.05) is 0 Å². The third-order valence-electron chi connectivity index (χ3n) is 3.36. The molecule has 0 unspecified atom stereocenters. The number of aliphatic carboxylic acids is 1. The number of carboxylic acid groups (broad SMARTS) is 1. The van der Waals surface area contributed by atoms with Crippen LogP contribution in [0.15, 0.2) is 0 Å². The minimum absolute atomic E-state index is 0.0321. The quantitative estimate of drug-likeness (QED) is 0.703. The number of piperazine rings is 1. The van der Waals surface area contributed by atoms with Crippen molar-refractivity contribution in [2.75, 3.05) is 53.4 Å². The van der Waals surface area contributed by atoms with E-state index in [4.69, 9.17) is 5.11 Å². The second-order valence-electron chi connectivity index (χ2n) is 5.27. The molecule has 1 aliphatic heterocycles. The molecule has 1 heterocycles. The van der Waals surface area contributed by atoms with Gasteiger partial charge >= 0.3 is 5.97 Å². The maximum atomic E-state index is 11.7. The van der Waals surface area contributed by atoms with Crippen molar-refractivity contribution in [1.29, 1.82) is 0 Å². The van der Waals surface area contributed by atoms with Crippen LogP contribution in [0.2, 0.25) is 0 Å². The molecule has 6 heteroatoms. The van der Waals surface area contributed by atoms with E-state index in [2.05, 4.69) is 23.9 Å². The number of carbonyl (C=O) groups is 2. The summed E-state index contributed by atoms with van der Waals surface area (Å²) >= 11 is 0. The first-order valence-corrected chi connectivity index (χ1v) is 6.85. The Kier molecular flexibility index (Phi) is 6.80. The van der Waals surface area contributed by atoms with E-state index in [1.165, 1.54) is 0 Å². The highest BCUT2D eigenvalue weighted by atomic mass is 16.4. The van der Waals surface area contributed by atoms with Crippen molar-refractivity contribution in [1.82, 2.24) is 14.7 Å². The molecule has 0 spiro atoms. The summed E-state index contributed by atoms with van der Waals surface area (Å²) in [4.78, 5) is 28.5. The highest BCUT2D eigenvalue weighted by molar-refractivity contribution is 5.80. The van der Waals surface area contributed by atoms with Gasteiger partial charge in [0, 0.05) is 32.6 Å². The minimum atomic E-state index is -0.907. The van der Waals surface area contributed by atoms with Crippen molar-refractivity contribution < 1.29 is 14.7 Å². The number of hydrogen-bond donors (Lipinski definition) is 1. The molecule has 19 heavy (non-hydrogen) atoms. The zero-order chi connectivity index (χ0) is 14.3. The van der Waals surface area contributed by atoms with Crippen LogP contribution in [0.3, 0.4) is 0 Å². The van der Waals surface area contributed by atoms with E-state index in [-0.39, 0.29) is 18.7 Å². The molecule has 6 nitrogen and oxygen atoms in total. The monoisotopic (exact) mass is 271 g/mol. The Hall–Kier alpha value is -1.14. The minimum Gasteiger partial charge on any atom is -0.481 e. The fourth-order valence-corrected chi connectivity index (χ4v) is 2.20. The Balaban J connectivity index is 2.17. The zero-order valence-electron chi connectivity index (χ0n) is 12.0. The first kappa shape index (κ1) is 15.9. The Morgan fingerprint density at radius 2 is 1.74 bits per heavy atom. The lowest BCUT2D eigenvalue weighted by molar-refractivity contribution is -0.141. The summed E-state index contributed by atoms with van der Waals surface area (Å²) in [5.74, 6) is -0.939. The molecule has 0 aliphatic carbocycles. The van der Waals surface area contributed by atoms with Gasteiger partial charge in [0.25, 0.3) is 0 Å². The highest BCUT2D eigenvalue weighted by Crippen LogP contribution is 2.06. The van der Waals surface area contributed by atoms with Gasteiger partial charge in [-0.3, -0.25) is 14.5 Å². The van der Waals surface area contributed by atoms with Crippen LogP contribution in [0.25, 0.3) is 0 Å². The van der Waals surface area contributed by atoms with Gasteiger partial charge in [-0.1, -0.05) is 0 Å². The smallest absolute Gasteiger partial charge is 0.303 e. The molecule has 0 aromatic rings. The van der Waals surface area contributed by atoms with Gasteiger partial charge < -0.3 is 14.9 Å². The van der Waals surface area contributed by atoms with Gasteiger partial charge in [-0.25, -0.2) is 0 Å². The topological polar surface area (TPSA) is 64.1 Å². The van der Waals surface area contributed by atoms with E-state index in [9.17, 15) is 9.59 Å². The molecule has 0 aromatic heterocycles. The standard InChI is InChI=1S/C13H25N3O3/c1-14(2)6-3-7-15-8-10-16(11-9-15)12(17)4-5-13(18)19/h3-11H2,1-2H3,(H,18,19). The highest BCUT2D eigenvalue weighted by Gasteiger charge is 2.20. The van der Waals surface area contributed by atoms with Crippen molar-refractivity contribution >= 4 is 11.9 Å². The second-order valence-corrected chi connectivity index (χ2v) is 5.27. The third-order valence-corrected chi connectivity index (χ3v) is 3.36. The van der Waals surface area contributed by atoms with E-state index in [0.29, 0.717) is 0 Å². The summed E-state index contributed by atoms with van der Waals surface area (Å²) in [6, 6.07) is 0. The lowest BCUT2D eigenvalue weighted by Gasteiger charge is -2.34. The molecule has 110 valence electrons. The normalized spacial score (nSPS) is 16.9. The lowest BCUT2D eigenvalue weighted by Crippen LogP contribution is -2.49. The van der Waals surface area contributed by atoms with Crippen molar-refractivity contribution in [3.05, 3.63) is 0 Å². The fraction of sp³-hybridized carbons (Fsp3) is 0.846. The summed E-state index contributed by atoms with van der Waals surface area (Å²) < 4.78 is 0. The number of hydrogen-bond acceptors (Lipinski definition) is 4. The van der Waals surface area contributed by atoms with Gasteiger partial charge in [-0.15, -0.1) is 0 Å². The molecule has 0 saturated carbocycles.